The number of fused-ring (bicyclic) bond motifs is 2. The molecule has 106 valence electrons. The Morgan fingerprint density at radius 2 is 2.30 bits per heavy atom. The summed E-state index contributed by atoms with van der Waals surface area (Å²) in [5, 5.41) is 8.90. The topological polar surface area (TPSA) is 68.5 Å². The number of aryl methyl sites for hydroxylation is 1. The Balaban J connectivity index is 2.10. The number of carbonyl (C=O) groups is 1. The van der Waals surface area contributed by atoms with Gasteiger partial charge in [0, 0.05) is 11.8 Å². The molecule has 0 aromatic carbocycles. The van der Waals surface area contributed by atoms with Crippen molar-refractivity contribution in [3.63, 3.8) is 0 Å². The maximum Gasteiger partial charge on any atom is 0.323 e. The van der Waals surface area contributed by atoms with E-state index >= 15 is 0 Å². The van der Waals surface area contributed by atoms with Gasteiger partial charge in [-0.25, -0.2) is 0 Å². The summed E-state index contributed by atoms with van der Waals surface area (Å²) < 4.78 is 7.21. The minimum Gasteiger partial charge on any atom is -0.485 e. The molecule has 1 aromatic rings. The van der Waals surface area contributed by atoms with E-state index in [1.807, 2.05) is 6.08 Å². The fourth-order valence-electron chi connectivity index (χ4n) is 2.96. The predicted octanol–water partition coefficient (Wildman–Crippen LogP) is 1.96. The number of pyridine rings is 1. The van der Waals surface area contributed by atoms with E-state index in [1.54, 1.807) is 13.0 Å². The van der Waals surface area contributed by atoms with Crippen molar-refractivity contribution in [2.45, 2.75) is 45.3 Å². The van der Waals surface area contributed by atoms with Crippen LogP contribution in [0.1, 0.15) is 36.9 Å². The summed E-state index contributed by atoms with van der Waals surface area (Å²) in [5.74, 6) is -0.431. The molecule has 1 saturated carbocycles. The summed E-state index contributed by atoms with van der Waals surface area (Å²) in [7, 11) is 0. The van der Waals surface area contributed by atoms with Crippen molar-refractivity contribution in [3.8, 4) is 5.75 Å². The Kier molecular flexibility index (Phi) is 3.12. The van der Waals surface area contributed by atoms with Gasteiger partial charge in [-0.1, -0.05) is 0 Å². The molecular formula is C15H17NO4. The molecule has 1 fully saturated rings. The number of aromatic nitrogens is 1. The lowest BCUT2D eigenvalue weighted by atomic mass is 9.89. The first-order valence-corrected chi connectivity index (χ1v) is 6.89. The van der Waals surface area contributed by atoms with Gasteiger partial charge in [-0.2, -0.15) is 0 Å². The number of aliphatic carboxylic acids is 1. The van der Waals surface area contributed by atoms with Crippen LogP contribution in [0.2, 0.25) is 0 Å². The zero-order valence-electron chi connectivity index (χ0n) is 11.4. The number of nitrogens with zero attached hydrogens (tertiary/aromatic N) is 1. The average molecular weight is 275 g/mol. The van der Waals surface area contributed by atoms with Gasteiger partial charge in [0.1, 0.15) is 18.4 Å². The second-order valence-corrected chi connectivity index (χ2v) is 5.42. The number of carboxylic acids is 1. The molecule has 2 heterocycles. The molecule has 1 N–H and O–H groups in total. The lowest BCUT2D eigenvalue weighted by molar-refractivity contribution is -0.137. The minimum absolute atomic E-state index is 0.0883. The molecule has 0 bridgehead atoms. The molecule has 3 rings (SSSR count). The first kappa shape index (κ1) is 13.0. The molecule has 1 aromatic heterocycles. The number of hydrogen-bond donors (Lipinski definition) is 1. The van der Waals surface area contributed by atoms with Crippen LogP contribution >= 0.6 is 0 Å². The smallest absolute Gasteiger partial charge is 0.323 e. The maximum absolute atomic E-state index is 12.4. The monoisotopic (exact) mass is 275 g/mol. The van der Waals surface area contributed by atoms with Gasteiger partial charge in [-0.3, -0.25) is 9.59 Å². The van der Waals surface area contributed by atoms with Crippen LogP contribution in [0.5, 0.6) is 5.75 Å². The summed E-state index contributed by atoms with van der Waals surface area (Å²) >= 11 is 0. The summed E-state index contributed by atoms with van der Waals surface area (Å²) in [6.45, 7) is 1.42. The van der Waals surface area contributed by atoms with Crippen molar-refractivity contribution in [2.75, 3.05) is 0 Å². The summed E-state index contributed by atoms with van der Waals surface area (Å²) in [6, 6.07) is 1.77. The van der Waals surface area contributed by atoms with Gasteiger partial charge in [0.25, 0.3) is 5.56 Å². The van der Waals surface area contributed by atoms with Crippen LogP contribution in [-0.4, -0.2) is 21.7 Å². The van der Waals surface area contributed by atoms with E-state index in [-0.39, 0.29) is 18.2 Å². The van der Waals surface area contributed by atoms with Crippen LogP contribution in [0.3, 0.4) is 0 Å². The van der Waals surface area contributed by atoms with Gasteiger partial charge in [0.2, 0.25) is 0 Å². The first-order valence-electron chi connectivity index (χ1n) is 6.89. The molecule has 20 heavy (non-hydrogen) atoms. The highest BCUT2D eigenvalue weighted by Crippen LogP contribution is 2.35. The van der Waals surface area contributed by atoms with E-state index in [2.05, 4.69) is 0 Å². The molecule has 0 radical (unpaired) electrons. The average Bonchev–Trinajstić information content (AvgIpc) is 2.41. The van der Waals surface area contributed by atoms with Crippen LogP contribution in [0.15, 0.2) is 16.4 Å². The Morgan fingerprint density at radius 1 is 1.50 bits per heavy atom. The number of carboxylic acid groups (broad SMARTS) is 1. The fraction of sp³-hybridized carbons (Fsp3) is 0.467. The molecule has 5 nitrogen and oxygen atoms in total. The molecule has 1 aliphatic carbocycles. The molecule has 0 saturated heterocycles. The highest BCUT2D eigenvalue weighted by molar-refractivity contribution is 5.68. The molecule has 2 aliphatic rings. The van der Waals surface area contributed by atoms with E-state index in [0.29, 0.717) is 17.0 Å². The Morgan fingerprint density at radius 3 is 3.05 bits per heavy atom. The zero-order valence-corrected chi connectivity index (χ0v) is 11.4. The fourth-order valence-corrected chi connectivity index (χ4v) is 2.96. The lowest BCUT2D eigenvalue weighted by Gasteiger charge is -2.31. The van der Waals surface area contributed by atoms with E-state index in [0.717, 1.165) is 31.3 Å². The number of rotatable bonds is 2. The van der Waals surface area contributed by atoms with E-state index in [4.69, 9.17) is 9.84 Å². The second-order valence-electron chi connectivity index (χ2n) is 5.42. The Hall–Kier alpha value is -2.04. The SMILES string of the molecule is Cc1cc2c(c(=O)n1CC(=O)O)C=C1CCCCC1O2. The van der Waals surface area contributed by atoms with Crippen molar-refractivity contribution in [1.29, 1.82) is 0 Å². The van der Waals surface area contributed by atoms with Crippen LogP contribution in [0.25, 0.3) is 6.08 Å². The summed E-state index contributed by atoms with van der Waals surface area (Å²) in [6.07, 6.45) is 6.20. The van der Waals surface area contributed by atoms with Gasteiger partial charge in [-0.05, 0) is 44.3 Å². The Labute approximate surface area is 116 Å². The van der Waals surface area contributed by atoms with E-state index in [1.165, 1.54) is 4.57 Å². The Bertz CT molecular complexity index is 657. The van der Waals surface area contributed by atoms with Crippen molar-refractivity contribution in [3.05, 3.63) is 33.3 Å². The molecular weight excluding hydrogens is 258 g/mol. The normalized spacial score (nSPS) is 20.4. The van der Waals surface area contributed by atoms with Crippen LogP contribution in [0, 0.1) is 6.92 Å². The van der Waals surface area contributed by atoms with Crippen LogP contribution < -0.4 is 10.3 Å². The second kappa shape index (κ2) is 4.81. The zero-order chi connectivity index (χ0) is 14.3. The number of hydrogen-bond acceptors (Lipinski definition) is 3. The van der Waals surface area contributed by atoms with Crippen molar-refractivity contribution in [2.24, 2.45) is 0 Å². The highest BCUT2D eigenvalue weighted by atomic mass is 16.5. The third kappa shape index (κ3) is 2.13. The maximum atomic E-state index is 12.4. The summed E-state index contributed by atoms with van der Waals surface area (Å²) in [5.41, 5.74) is 1.99. The van der Waals surface area contributed by atoms with Gasteiger partial charge < -0.3 is 14.4 Å². The molecule has 5 heteroatoms. The third-order valence-electron chi connectivity index (χ3n) is 3.99. The lowest BCUT2D eigenvalue weighted by Crippen LogP contribution is -2.32. The largest absolute Gasteiger partial charge is 0.485 e. The van der Waals surface area contributed by atoms with Gasteiger partial charge >= 0.3 is 5.97 Å². The van der Waals surface area contributed by atoms with Crippen molar-refractivity contribution in [1.82, 2.24) is 4.57 Å². The van der Waals surface area contributed by atoms with Crippen LogP contribution in [0.4, 0.5) is 0 Å². The molecule has 1 aliphatic heterocycles. The summed E-state index contributed by atoms with van der Waals surface area (Å²) in [4.78, 5) is 23.3. The highest BCUT2D eigenvalue weighted by Gasteiger charge is 2.27. The third-order valence-corrected chi connectivity index (χ3v) is 3.99. The molecule has 1 atom stereocenters. The molecule has 1 unspecified atom stereocenters. The van der Waals surface area contributed by atoms with Gasteiger partial charge in [0.15, 0.2) is 0 Å². The number of ether oxygens (including phenoxy) is 1. The predicted molar refractivity (Wildman–Crippen MR) is 73.9 cm³/mol. The first-order chi connectivity index (χ1) is 9.56. The molecule has 0 spiro atoms. The van der Waals surface area contributed by atoms with E-state index in [9.17, 15) is 9.59 Å². The van der Waals surface area contributed by atoms with Crippen molar-refractivity contribution >= 4 is 12.0 Å². The van der Waals surface area contributed by atoms with Crippen molar-refractivity contribution < 1.29 is 14.6 Å². The van der Waals surface area contributed by atoms with E-state index < -0.39 is 5.97 Å². The molecule has 0 amide bonds. The van der Waals surface area contributed by atoms with Crippen LogP contribution in [-0.2, 0) is 11.3 Å². The van der Waals surface area contributed by atoms with Gasteiger partial charge in [0.05, 0.1) is 5.56 Å². The standard InChI is InChI=1S/C15H17NO4/c1-9-6-13-11(15(19)16(9)8-14(17)18)7-10-4-2-3-5-12(10)20-13/h6-7,12H,2-5,8H2,1H3,(H,17,18). The quantitative estimate of drug-likeness (QED) is 0.895. The van der Waals surface area contributed by atoms with Gasteiger partial charge in [-0.15, -0.1) is 0 Å². The minimum atomic E-state index is -1.02.